The molecule has 0 radical (unpaired) electrons. The summed E-state index contributed by atoms with van der Waals surface area (Å²) in [6.07, 6.45) is 2.23. The SMILES string of the molecule is CCCCOc1ccc(CNc2ccc(OC)c(Cl)c2)cc1. The maximum absolute atomic E-state index is 6.11. The molecule has 2 rings (SSSR count). The normalized spacial score (nSPS) is 10.3. The van der Waals surface area contributed by atoms with Gasteiger partial charge in [0.2, 0.25) is 0 Å². The number of ether oxygens (including phenoxy) is 2. The Labute approximate surface area is 137 Å². The molecule has 0 amide bonds. The van der Waals surface area contributed by atoms with Crippen LogP contribution in [0.1, 0.15) is 25.3 Å². The van der Waals surface area contributed by atoms with Gasteiger partial charge in [0.1, 0.15) is 11.5 Å². The number of rotatable bonds is 8. The van der Waals surface area contributed by atoms with E-state index in [0.29, 0.717) is 10.8 Å². The van der Waals surface area contributed by atoms with E-state index in [4.69, 9.17) is 21.1 Å². The lowest BCUT2D eigenvalue weighted by atomic mass is 10.2. The van der Waals surface area contributed by atoms with Gasteiger partial charge in [0, 0.05) is 12.2 Å². The molecule has 2 aromatic carbocycles. The molecule has 0 fully saturated rings. The average Bonchev–Trinajstić information content (AvgIpc) is 2.54. The first-order chi connectivity index (χ1) is 10.7. The minimum absolute atomic E-state index is 0.604. The zero-order valence-electron chi connectivity index (χ0n) is 13.1. The summed E-state index contributed by atoms with van der Waals surface area (Å²) in [5, 5.41) is 3.95. The van der Waals surface area contributed by atoms with E-state index in [9.17, 15) is 0 Å². The van der Waals surface area contributed by atoms with Gasteiger partial charge in [-0.2, -0.15) is 0 Å². The highest BCUT2D eigenvalue weighted by Gasteiger charge is 2.02. The predicted octanol–water partition coefficient (Wildman–Crippen LogP) is 5.14. The van der Waals surface area contributed by atoms with Gasteiger partial charge in [-0.15, -0.1) is 0 Å². The van der Waals surface area contributed by atoms with Crippen molar-refractivity contribution >= 4 is 17.3 Å². The number of anilines is 1. The second kappa shape index (κ2) is 8.54. The molecule has 0 atom stereocenters. The Kier molecular flexibility index (Phi) is 6.41. The topological polar surface area (TPSA) is 30.5 Å². The van der Waals surface area contributed by atoms with Gasteiger partial charge in [-0.1, -0.05) is 37.1 Å². The Morgan fingerprint density at radius 1 is 1.09 bits per heavy atom. The van der Waals surface area contributed by atoms with Crippen molar-refractivity contribution in [3.05, 3.63) is 53.1 Å². The Morgan fingerprint density at radius 2 is 1.86 bits per heavy atom. The van der Waals surface area contributed by atoms with Crippen LogP contribution in [0.3, 0.4) is 0 Å². The van der Waals surface area contributed by atoms with Crippen LogP contribution in [0.5, 0.6) is 11.5 Å². The highest BCUT2D eigenvalue weighted by Crippen LogP contribution is 2.27. The van der Waals surface area contributed by atoms with E-state index in [1.165, 1.54) is 5.56 Å². The van der Waals surface area contributed by atoms with Crippen LogP contribution >= 0.6 is 11.6 Å². The first-order valence-corrected chi connectivity index (χ1v) is 7.90. The summed E-state index contributed by atoms with van der Waals surface area (Å²) < 4.78 is 10.8. The molecule has 118 valence electrons. The third-order valence-corrected chi connectivity index (χ3v) is 3.63. The molecule has 0 bridgehead atoms. The highest BCUT2D eigenvalue weighted by atomic mass is 35.5. The zero-order chi connectivity index (χ0) is 15.8. The number of halogens is 1. The molecule has 0 aromatic heterocycles. The van der Waals surface area contributed by atoms with Crippen LogP contribution in [0.2, 0.25) is 5.02 Å². The van der Waals surface area contributed by atoms with Crippen LogP contribution in [0.15, 0.2) is 42.5 Å². The fourth-order valence-electron chi connectivity index (χ4n) is 2.02. The number of unbranched alkanes of at least 4 members (excludes halogenated alkanes) is 1. The molecule has 0 saturated heterocycles. The van der Waals surface area contributed by atoms with Gasteiger partial charge in [-0.25, -0.2) is 0 Å². The molecule has 0 spiro atoms. The summed E-state index contributed by atoms with van der Waals surface area (Å²) in [6.45, 7) is 3.67. The maximum Gasteiger partial charge on any atom is 0.137 e. The molecule has 0 unspecified atom stereocenters. The molecule has 3 nitrogen and oxygen atoms in total. The van der Waals surface area contributed by atoms with Crippen molar-refractivity contribution in [2.45, 2.75) is 26.3 Å². The van der Waals surface area contributed by atoms with Crippen molar-refractivity contribution in [1.82, 2.24) is 0 Å². The number of methoxy groups -OCH3 is 1. The van der Waals surface area contributed by atoms with E-state index < -0.39 is 0 Å². The van der Waals surface area contributed by atoms with E-state index >= 15 is 0 Å². The van der Waals surface area contributed by atoms with Crippen LogP contribution in [-0.2, 0) is 6.54 Å². The maximum atomic E-state index is 6.11. The van der Waals surface area contributed by atoms with E-state index in [1.54, 1.807) is 7.11 Å². The van der Waals surface area contributed by atoms with E-state index in [-0.39, 0.29) is 0 Å². The second-order valence-corrected chi connectivity index (χ2v) is 5.46. The summed E-state index contributed by atoms with van der Waals surface area (Å²) in [6, 6.07) is 13.8. The van der Waals surface area contributed by atoms with E-state index in [0.717, 1.165) is 37.4 Å². The number of hydrogen-bond acceptors (Lipinski definition) is 3. The van der Waals surface area contributed by atoms with Crippen LogP contribution in [0.4, 0.5) is 5.69 Å². The molecule has 0 heterocycles. The van der Waals surface area contributed by atoms with Crippen molar-refractivity contribution in [2.24, 2.45) is 0 Å². The quantitative estimate of drug-likeness (QED) is 0.683. The molecule has 1 N–H and O–H groups in total. The lowest BCUT2D eigenvalue weighted by molar-refractivity contribution is 0.309. The number of nitrogens with one attached hydrogen (secondary N) is 1. The first kappa shape index (κ1) is 16.5. The Balaban J connectivity index is 1.87. The molecular weight excluding hydrogens is 298 g/mol. The Bertz CT molecular complexity index is 584. The van der Waals surface area contributed by atoms with Crippen molar-refractivity contribution < 1.29 is 9.47 Å². The lowest BCUT2D eigenvalue weighted by Crippen LogP contribution is -2.00. The molecule has 2 aromatic rings. The van der Waals surface area contributed by atoms with Gasteiger partial charge in [0.05, 0.1) is 18.7 Å². The molecule has 0 saturated carbocycles. The van der Waals surface area contributed by atoms with Crippen LogP contribution in [0.25, 0.3) is 0 Å². The summed E-state index contributed by atoms with van der Waals surface area (Å²) in [7, 11) is 1.61. The lowest BCUT2D eigenvalue weighted by Gasteiger charge is -2.10. The summed E-state index contributed by atoms with van der Waals surface area (Å²) >= 11 is 6.11. The third kappa shape index (κ3) is 4.85. The first-order valence-electron chi connectivity index (χ1n) is 7.52. The highest BCUT2D eigenvalue weighted by molar-refractivity contribution is 6.32. The number of hydrogen-bond donors (Lipinski definition) is 1. The molecule has 0 aliphatic rings. The largest absolute Gasteiger partial charge is 0.495 e. The van der Waals surface area contributed by atoms with Gasteiger partial charge in [0.25, 0.3) is 0 Å². The zero-order valence-corrected chi connectivity index (χ0v) is 13.8. The van der Waals surface area contributed by atoms with Crippen LogP contribution in [0, 0.1) is 0 Å². The third-order valence-electron chi connectivity index (χ3n) is 3.34. The number of benzene rings is 2. The second-order valence-electron chi connectivity index (χ2n) is 5.05. The molecule has 22 heavy (non-hydrogen) atoms. The average molecular weight is 320 g/mol. The van der Waals surface area contributed by atoms with Crippen molar-refractivity contribution in [3.63, 3.8) is 0 Å². The predicted molar refractivity (Wildman–Crippen MR) is 92.2 cm³/mol. The van der Waals surface area contributed by atoms with E-state index in [1.807, 2.05) is 30.3 Å². The molecular formula is C18H22ClNO2. The minimum Gasteiger partial charge on any atom is -0.495 e. The van der Waals surface area contributed by atoms with Crippen LogP contribution in [-0.4, -0.2) is 13.7 Å². The Morgan fingerprint density at radius 3 is 2.50 bits per heavy atom. The fourth-order valence-corrected chi connectivity index (χ4v) is 2.28. The summed E-state index contributed by atoms with van der Waals surface area (Å²) in [5.41, 5.74) is 2.16. The van der Waals surface area contributed by atoms with E-state index in [2.05, 4.69) is 24.4 Å². The fraction of sp³-hybridized carbons (Fsp3) is 0.333. The van der Waals surface area contributed by atoms with Gasteiger partial charge in [-0.3, -0.25) is 0 Å². The monoisotopic (exact) mass is 319 g/mol. The smallest absolute Gasteiger partial charge is 0.137 e. The molecule has 0 aliphatic heterocycles. The molecule has 0 aliphatic carbocycles. The Hall–Kier alpha value is -1.87. The van der Waals surface area contributed by atoms with Crippen molar-refractivity contribution in [2.75, 3.05) is 19.0 Å². The van der Waals surface area contributed by atoms with Gasteiger partial charge >= 0.3 is 0 Å². The van der Waals surface area contributed by atoms with Gasteiger partial charge in [-0.05, 0) is 42.3 Å². The van der Waals surface area contributed by atoms with Gasteiger partial charge < -0.3 is 14.8 Å². The van der Waals surface area contributed by atoms with Gasteiger partial charge in [0.15, 0.2) is 0 Å². The van der Waals surface area contributed by atoms with Crippen molar-refractivity contribution in [1.29, 1.82) is 0 Å². The molecule has 4 heteroatoms. The standard InChI is InChI=1S/C18H22ClNO2/c1-3-4-11-22-16-8-5-14(6-9-16)13-20-15-7-10-18(21-2)17(19)12-15/h5-10,12,20H,3-4,11,13H2,1-2H3. The summed E-state index contributed by atoms with van der Waals surface area (Å²) in [5.74, 6) is 1.60. The van der Waals surface area contributed by atoms with Crippen LogP contribution < -0.4 is 14.8 Å². The minimum atomic E-state index is 0.604. The summed E-state index contributed by atoms with van der Waals surface area (Å²) in [4.78, 5) is 0. The van der Waals surface area contributed by atoms with Crippen molar-refractivity contribution in [3.8, 4) is 11.5 Å².